The minimum Gasteiger partial charge on any atom is -0.744 e. The van der Waals surface area contributed by atoms with E-state index in [-0.39, 0.29) is 58.2 Å². The van der Waals surface area contributed by atoms with Crippen LogP contribution in [-0.2, 0) is 10.1 Å². The molecule has 0 atom stereocenters. The van der Waals surface area contributed by atoms with Crippen LogP contribution in [0.5, 0.6) is 17.2 Å². The van der Waals surface area contributed by atoms with Crippen molar-refractivity contribution in [3.63, 3.8) is 0 Å². The van der Waals surface area contributed by atoms with Crippen molar-refractivity contribution in [1.82, 2.24) is 0 Å². The van der Waals surface area contributed by atoms with Gasteiger partial charge in [0.25, 0.3) is 0 Å². The molecule has 22 heavy (non-hydrogen) atoms. The van der Waals surface area contributed by atoms with Gasteiger partial charge in [-0.25, -0.2) is 8.42 Å². The van der Waals surface area contributed by atoms with E-state index in [0.717, 1.165) is 24.3 Å². The number of phenols is 3. The molecule has 2 rings (SSSR count). The van der Waals surface area contributed by atoms with Crippen LogP contribution in [0.4, 0.5) is 11.4 Å². The van der Waals surface area contributed by atoms with Crippen molar-refractivity contribution in [2.75, 3.05) is 0 Å². The standard InChI is InChI=1S/C12H10N2O6S.Na/c15-7-1-3-9(12(17)5-7)13-14-10-6-8(21(18,19)20)2-4-11(10)16;/h1-6,15-17H,(H,18,19,20);/q;+1/p-1. The van der Waals surface area contributed by atoms with Gasteiger partial charge in [0.1, 0.15) is 38.7 Å². The number of rotatable bonds is 3. The first-order valence-electron chi connectivity index (χ1n) is 5.50. The Morgan fingerprint density at radius 1 is 0.864 bits per heavy atom. The summed E-state index contributed by atoms with van der Waals surface area (Å²) in [6.45, 7) is 0. The van der Waals surface area contributed by atoms with Crippen molar-refractivity contribution in [2.45, 2.75) is 4.90 Å². The Bertz CT molecular complexity index is 822. The molecule has 0 bridgehead atoms. The van der Waals surface area contributed by atoms with Crippen molar-refractivity contribution in [3.05, 3.63) is 36.4 Å². The summed E-state index contributed by atoms with van der Waals surface area (Å²) in [5, 5.41) is 35.3. The van der Waals surface area contributed by atoms with Crippen LogP contribution in [-0.4, -0.2) is 28.3 Å². The third-order valence-electron chi connectivity index (χ3n) is 2.46. The Balaban J connectivity index is 0.00000242. The molecule has 10 heteroatoms. The molecule has 0 spiro atoms. The molecule has 0 radical (unpaired) electrons. The van der Waals surface area contributed by atoms with Crippen LogP contribution in [0.25, 0.3) is 0 Å². The average Bonchev–Trinajstić information content (AvgIpc) is 2.38. The topological polar surface area (TPSA) is 143 Å². The van der Waals surface area contributed by atoms with Gasteiger partial charge in [0, 0.05) is 6.07 Å². The number of hydrogen-bond acceptors (Lipinski definition) is 8. The third kappa shape index (κ3) is 4.42. The molecule has 0 heterocycles. The third-order valence-corrected chi connectivity index (χ3v) is 3.29. The zero-order valence-electron chi connectivity index (χ0n) is 11.3. The van der Waals surface area contributed by atoms with Crippen LogP contribution in [0.15, 0.2) is 51.5 Å². The van der Waals surface area contributed by atoms with Crippen molar-refractivity contribution >= 4 is 21.5 Å². The molecular weight excluding hydrogens is 323 g/mol. The van der Waals surface area contributed by atoms with E-state index >= 15 is 0 Å². The van der Waals surface area contributed by atoms with E-state index in [1.165, 1.54) is 12.1 Å². The number of phenolic OH excluding ortho intramolecular Hbond substituents is 3. The molecule has 3 N–H and O–H groups in total. The van der Waals surface area contributed by atoms with Gasteiger partial charge in [-0.2, -0.15) is 0 Å². The van der Waals surface area contributed by atoms with Gasteiger partial charge in [-0.05, 0) is 30.3 Å². The van der Waals surface area contributed by atoms with E-state index in [1.54, 1.807) is 0 Å². The van der Waals surface area contributed by atoms with Crippen LogP contribution in [0.3, 0.4) is 0 Å². The van der Waals surface area contributed by atoms with Crippen LogP contribution in [0.1, 0.15) is 0 Å². The van der Waals surface area contributed by atoms with Gasteiger partial charge < -0.3 is 19.9 Å². The molecular formula is C12H9N2NaO6S. The van der Waals surface area contributed by atoms with Crippen molar-refractivity contribution in [2.24, 2.45) is 10.2 Å². The van der Waals surface area contributed by atoms with Gasteiger partial charge in [-0.1, -0.05) is 0 Å². The molecule has 0 saturated carbocycles. The minimum atomic E-state index is -4.68. The summed E-state index contributed by atoms with van der Waals surface area (Å²) in [6, 6.07) is 6.35. The van der Waals surface area contributed by atoms with Gasteiger partial charge in [-0.15, -0.1) is 10.2 Å². The second-order valence-electron chi connectivity index (χ2n) is 3.98. The Kier molecular flexibility index (Phi) is 5.92. The quantitative estimate of drug-likeness (QED) is 0.379. The maximum Gasteiger partial charge on any atom is 1.00 e. The SMILES string of the molecule is O=S(=O)([O-])c1ccc(O)c(N=Nc2ccc(O)cc2O)c1.[Na+]. The molecule has 0 aromatic heterocycles. The first-order valence-corrected chi connectivity index (χ1v) is 6.91. The second kappa shape index (κ2) is 7.07. The van der Waals surface area contributed by atoms with Crippen molar-refractivity contribution in [1.29, 1.82) is 0 Å². The van der Waals surface area contributed by atoms with Crippen LogP contribution in [0, 0.1) is 0 Å². The fourth-order valence-electron chi connectivity index (χ4n) is 1.44. The first-order chi connectivity index (χ1) is 9.77. The van der Waals surface area contributed by atoms with E-state index in [9.17, 15) is 23.2 Å². The number of benzene rings is 2. The smallest absolute Gasteiger partial charge is 0.744 e. The number of nitrogens with zero attached hydrogens (tertiary/aromatic N) is 2. The molecule has 0 fully saturated rings. The second-order valence-corrected chi connectivity index (χ2v) is 5.36. The largest absolute Gasteiger partial charge is 1.00 e. The van der Waals surface area contributed by atoms with E-state index in [1.807, 2.05) is 0 Å². The number of hydrogen-bond donors (Lipinski definition) is 3. The summed E-state index contributed by atoms with van der Waals surface area (Å²) in [5.74, 6) is -0.913. The molecule has 8 nitrogen and oxygen atoms in total. The fourth-order valence-corrected chi connectivity index (χ4v) is 1.93. The van der Waals surface area contributed by atoms with E-state index in [2.05, 4.69) is 10.2 Å². The Morgan fingerprint density at radius 3 is 2.09 bits per heavy atom. The molecule has 0 aliphatic rings. The molecule has 110 valence electrons. The van der Waals surface area contributed by atoms with Crippen molar-refractivity contribution in [3.8, 4) is 17.2 Å². The fraction of sp³-hybridized carbons (Fsp3) is 0. The molecule has 0 saturated heterocycles. The molecule has 0 amide bonds. The van der Waals surface area contributed by atoms with Gasteiger partial charge >= 0.3 is 29.6 Å². The van der Waals surface area contributed by atoms with Gasteiger partial charge in [-0.3, -0.25) is 0 Å². The van der Waals surface area contributed by atoms with Crippen molar-refractivity contribution < 1.29 is 57.8 Å². The maximum atomic E-state index is 10.9. The van der Waals surface area contributed by atoms with E-state index < -0.39 is 15.0 Å². The zero-order valence-corrected chi connectivity index (χ0v) is 14.1. The number of aromatic hydroxyl groups is 3. The monoisotopic (exact) mass is 332 g/mol. The molecule has 0 unspecified atom stereocenters. The van der Waals surface area contributed by atoms with E-state index in [0.29, 0.717) is 0 Å². The summed E-state index contributed by atoms with van der Waals surface area (Å²) in [5.41, 5.74) is -0.262. The normalized spacial score (nSPS) is 11.3. The minimum absolute atomic E-state index is 0. The van der Waals surface area contributed by atoms with Gasteiger partial charge in [0.2, 0.25) is 0 Å². The Hall–Kier alpha value is -1.65. The summed E-state index contributed by atoms with van der Waals surface area (Å²) in [4.78, 5) is -0.566. The first kappa shape index (κ1) is 18.4. The van der Waals surface area contributed by atoms with Crippen LogP contribution < -0.4 is 29.6 Å². The zero-order chi connectivity index (χ0) is 15.6. The predicted octanol–water partition coefficient (Wildman–Crippen LogP) is -0.873. The summed E-state index contributed by atoms with van der Waals surface area (Å²) >= 11 is 0. The summed E-state index contributed by atoms with van der Waals surface area (Å²) in [6.07, 6.45) is 0. The number of azo groups is 1. The van der Waals surface area contributed by atoms with Crippen LogP contribution >= 0.6 is 0 Å². The predicted molar refractivity (Wildman–Crippen MR) is 70.0 cm³/mol. The molecule has 0 aliphatic carbocycles. The van der Waals surface area contributed by atoms with Crippen LogP contribution in [0.2, 0.25) is 0 Å². The van der Waals surface area contributed by atoms with E-state index in [4.69, 9.17) is 5.11 Å². The Labute approximate surface area is 147 Å². The molecule has 2 aromatic carbocycles. The average molecular weight is 332 g/mol. The molecule has 0 aliphatic heterocycles. The van der Waals surface area contributed by atoms with Gasteiger partial charge in [0.15, 0.2) is 0 Å². The Morgan fingerprint density at radius 2 is 1.50 bits per heavy atom. The maximum absolute atomic E-state index is 10.9. The van der Waals surface area contributed by atoms with Gasteiger partial charge in [0.05, 0.1) is 4.90 Å². The summed E-state index contributed by atoms with van der Waals surface area (Å²) < 4.78 is 32.7. The molecule has 2 aromatic rings. The summed E-state index contributed by atoms with van der Waals surface area (Å²) in [7, 11) is -4.68.